The summed E-state index contributed by atoms with van der Waals surface area (Å²) in [6.45, 7) is 5.58. The summed E-state index contributed by atoms with van der Waals surface area (Å²) < 4.78 is 33.5. The molecular weight excluding hydrogens is 346 g/mol. The van der Waals surface area contributed by atoms with Crippen molar-refractivity contribution in [3.63, 3.8) is 0 Å². The molecule has 0 radical (unpaired) electrons. The summed E-state index contributed by atoms with van der Waals surface area (Å²) in [5.74, 6) is -0.151. The second kappa shape index (κ2) is 6.17. The average Bonchev–Trinajstić information content (AvgIpc) is 2.82. The summed E-state index contributed by atoms with van der Waals surface area (Å²) in [5, 5.41) is 2.65. The van der Waals surface area contributed by atoms with Crippen molar-refractivity contribution in [1.29, 1.82) is 0 Å². The standard InChI is InChI=1S/C21H25NO3S/c1-15-21(2,11-5-6-13-26(23,24)25)19-14-16-8-3-4-9-17(16)18-10-7-12-22(15)20(18)19/h3-4,8-9,14H,5-7,10-13H2,1-2H3/p+1. The van der Waals surface area contributed by atoms with Crippen LogP contribution in [0.1, 0.15) is 50.7 Å². The van der Waals surface area contributed by atoms with E-state index in [0.717, 1.165) is 32.2 Å². The van der Waals surface area contributed by atoms with Crippen molar-refractivity contribution < 1.29 is 17.5 Å². The third-order valence-corrected chi connectivity index (χ3v) is 7.14. The number of aryl methyl sites for hydroxylation is 1. The van der Waals surface area contributed by atoms with Gasteiger partial charge < -0.3 is 0 Å². The topological polar surface area (TPSA) is 57.4 Å². The van der Waals surface area contributed by atoms with E-state index in [1.165, 1.54) is 33.3 Å². The number of hydrogen-bond acceptors (Lipinski definition) is 2. The first-order valence-corrected chi connectivity index (χ1v) is 11.0. The molecular formula is C21H26NO3S+. The monoisotopic (exact) mass is 372 g/mol. The van der Waals surface area contributed by atoms with Gasteiger partial charge in [0, 0.05) is 24.5 Å². The predicted octanol–water partition coefficient (Wildman–Crippen LogP) is 4.22. The second-order valence-electron chi connectivity index (χ2n) is 7.89. The van der Waals surface area contributed by atoms with Crippen molar-refractivity contribution in [2.45, 2.75) is 51.4 Å². The van der Waals surface area contributed by atoms with E-state index in [0.29, 0.717) is 6.42 Å². The van der Waals surface area contributed by atoms with E-state index < -0.39 is 10.1 Å². The maximum absolute atomic E-state index is 11.0. The van der Waals surface area contributed by atoms with Crippen LogP contribution in [0.15, 0.2) is 30.3 Å². The van der Waals surface area contributed by atoms with Crippen LogP contribution < -0.4 is 0 Å². The summed E-state index contributed by atoms with van der Waals surface area (Å²) in [6.07, 6.45) is 4.46. The van der Waals surface area contributed by atoms with Crippen molar-refractivity contribution in [3.8, 4) is 0 Å². The molecule has 4 nitrogen and oxygen atoms in total. The SMILES string of the molecule is CC1=[N+]2CCCc3c2c(cc2ccccc32)C1(C)CCCCS(=O)(=O)O. The molecule has 0 spiro atoms. The Morgan fingerprint density at radius 3 is 2.77 bits per heavy atom. The molecule has 2 heterocycles. The fraction of sp³-hybridized carbons (Fsp3) is 0.476. The summed E-state index contributed by atoms with van der Waals surface area (Å²) in [4.78, 5) is 0. The van der Waals surface area contributed by atoms with Crippen molar-refractivity contribution in [2.24, 2.45) is 0 Å². The average molecular weight is 373 g/mol. The van der Waals surface area contributed by atoms with Crippen LogP contribution in [0.3, 0.4) is 0 Å². The molecule has 0 bridgehead atoms. The van der Waals surface area contributed by atoms with Crippen LogP contribution >= 0.6 is 0 Å². The van der Waals surface area contributed by atoms with Crippen LogP contribution in [-0.4, -0.2) is 35.6 Å². The third-order valence-electron chi connectivity index (χ3n) is 6.33. The van der Waals surface area contributed by atoms with E-state index in [9.17, 15) is 8.42 Å². The highest BCUT2D eigenvalue weighted by Gasteiger charge is 2.48. The molecule has 1 atom stereocenters. The van der Waals surface area contributed by atoms with E-state index >= 15 is 0 Å². The lowest BCUT2D eigenvalue weighted by Crippen LogP contribution is -2.30. The van der Waals surface area contributed by atoms with Crippen molar-refractivity contribution in [3.05, 3.63) is 41.5 Å². The molecule has 0 saturated carbocycles. The first kappa shape index (κ1) is 17.7. The molecule has 5 heteroatoms. The van der Waals surface area contributed by atoms with Gasteiger partial charge in [-0.3, -0.25) is 4.55 Å². The van der Waals surface area contributed by atoms with E-state index in [1.54, 1.807) is 0 Å². The van der Waals surface area contributed by atoms with E-state index in [-0.39, 0.29) is 11.2 Å². The molecule has 2 aromatic rings. The number of fused-ring (bicyclic) bond motifs is 2. The Kier molecular flexibility index (Phi) is 4.20. The van der Waals surface area contributed by atoms with Crippen LogP contribution in [0.5, 0.6) is 0 Å². The van der Waals surface area contributed by atoms with Crippen molar-refractivity contribution >= 4 is 32.3 Å². The first-order valence-electron chi connectivity index (χ1n) is 9.43. The molecule has 26 heavy (non-hydrogen) atoms. The zero-order valence-electron chi connectivity index (χ0n) is 15.5. The van der Waals surface area contributed by atoms with Gasteiger partial charge in [0.15, 0.2) is 5.71 Å². The predicted molar refractivity (Wildman–Crippen MR) is 105 cm³/mol. The van der Waals surface area contributed by atoms with Gasteiger partial charge in [-0.25, -0.2) is 0 Å². The number of unbranched alkanes of at least 4 members (excludes halogenated alkanes) is 1. The quantitative estimate of drug-likeness (QED) is 0.486. The van der Waals surface area contributed by atoms with Gasteiger partial charge in [-0.2, -0.15) is 13.0 Å². The number of benzene rings is 2. The fourth-order valence-electron chi connectivity index (χ4n) is 4.83. The largest absolute Gasteiger partial charge is 0.286 e. The molecule has 0 aromatic heterocycles. The zero-order valence-corrected chi connectivity index (χ0v) is 16.3. The smallest absolute Gasteiger partial charge is 0.264 e. The number of hydrogen-bond donors (Lipinski definition) is 1. The van der Waals surface area contributed by atoms with Crippen molar-refractivity contribution in [2.75, 3.05) is 12.3 Å². The molecule has 0 saturated heterocycles. The maximum Gasteiger partial charge on any atom is 0.264 e. The van der Waals surface area contributed by atoms with Crippen LogP contribution in [0.25, 0.3) is 10.8 Å². The highest BCUT2D eigenvalue weighted by atomic mass is 32.2. The summed E-state index contributed by atoms with van der Waals surface area (Å²) in [7, 11) is -3.87. The highest BCUT2D eigenvalue weighted by molar-refractivity contribution is 7.85. The Labute approximate surface area is 155 Å². The van der Waals surface area contributed by atoms with Crippen LogP contribution in [0.4, 0.5) is 5.69 Å². The van der Waals surface area contributed by atoms with E-state index in [1.807, 2.05) is 0 Å². The first-order chi connectivity index (χ1) is 12.3. The Balaban J connectivity index is 1.76. The van der Waals surface area contributed by atoms with E-state index in [4.69, 9.17) is 4.55 Å². The molecule has 0 amide bonds. The number of rotatable bonds is 5. The third kappa shape index (κ3) is 2.78. The van der Waals surface area contributed by atoms with Gasteiger partial charge in [0.25, 0.3) is 10.1 Å². The Morgan fingerprint density at radius 2 is 2.00 bits per heavy atom. The normalized spacial score (nSPS) is 22.1. The molecule has 4 rings (SSSR count). The minimum Gasteiger partial charge on any atom is -0.286 e. The molecule has 0 fully saturated rings. The van der Waals surface area contributed by atoms with Gasteiger partial charge in [-0.1, -0.05) is 30.7 Å². The lowest BCUT2D eigenvalue weighted by atomic mass is 9.75. The molecule has 2 aliphatic rings. The van der Waals surface area contributed by atoms with Gasteiger partial charge in [-0.05, 0) is 43.0 Å². The van der Waals surface area contributed by atoms with Crippen molar-refractivity contribution in [1.82, 2.24) is 0 Å². The summed E-state index contributed by atoms with van der Waals surface area (Å²) >= 11 is 0. The van der Waals surface area contributed by atoms with Crippen LogP contribution in [0, 0.1) is 0 Å². The van der Waals surface area contributed by atoms with E-state index in [2.05, 4.69) is 48.8 Å². The highest BCUT2D eigenvalue weighted by Crippen LogP contribution is 2.48. The number of nitrogens with zero attached hydrogens (tertiary/aromatic N) is 1. The Hall–Kier alpha value is -1.72. The molecule has 2 aliphatic heterocycles. The molecule has 1 N–H and O–H groups in total. The van der Waals surface area contributed by atoms with Crippen LogP contribution in [-0.2, 0) is 22.0 Å². The van der Waals surface area contributed by atoms with Gasteiger partial charge in [0.05, 0.1) is 11.2 Å². The minimum atomic E-state index is -3.87. The molecule has 0 aliphatic carbocycles. The summed E-state index contributed by atoms with van der Waals surface area (Å²) in [5.41, 5.74) is 5.54. The lowest BCUT2D eigenvalue weighted by Gasteiger charge is -2.23. The second-order valence-corrected chi connectivity index (χ2v) is 9.46. The van der Waals surface area contributed by atoms with Gasteiger partial charge in [0.2, 0.25) is 5.69 Å². The molecule has 1 unspecified atom stereocenters. The van der Waals surface area contributed by atoms with Crippen LogP contribution in [0.2, 0.25) is 0 Å². The minimum absolute atomic E-state index is 0.0718. The maximum atomic E-state index is 11.0. The summed E-state index contributed by atoms with van der Waals surface area (Å²) in [6, 6.07) is 11.0. The molecule has 138 valence electrons. The Bertz CT molecular complexity index is 1020. The lowest BCUT2D eigenvalue weighted by molar-refractivity contribution is -0.444. The Morgan fingerprint density at radius 1 is 1.23 bits per heavy atom. The van der Waals surface area contributed by atoms with Gasteiger partial charge in [0.1, 0.15) is 6.54 Å². The fourth-order valence-corrected chi connectivity index (χ4v) is 5.40. The van der Waals surface area contributed by atoms with Gasteiger partial charge in [-0.15, -0.1) is 0 Å². The zero-order chi connectivity index (χ0) is 18.5. The van der Waals surface area contributed by atoms with Gasteiger partial charge >= 0.3 is 0 Å². The molecule has 2 aromatic carbocycles.